The summed E-state index contributed by atoms with van der Waals surface area (Å²) in [5.74, 6) is -0.554. The van der Waals surface area contributed by atoms with Gasteiger partial charge in [0.15, 0.2) is 0 Å². The van der Waals surface area contributed by atoms with E-state index in [-0.39, 0.29) is 11.0 Å². The molecule has 0 fully saturated rings. The van der Waals surface area contributed by atoms with E-state index >= 15 is 0 Å². The second-order valence-corrected chi connectivity index (χ2v) is 4.94. The van der Waals surface area contributed by atoms with E-state index in [0.29, 0.717) is 5.39 Å². The summed E-state index contributed by atoms with van der Waals surface area (Å²) in [5.41, 5.74) is 8.12. The number of aryl methyl sites for hydroxylation is 1. The number of halogens is 1. The van der Waals surface area contributed by atoms with E-state index in [1.807, 2.05) is 31.2 Å². The quantitative estimate of drug-likeness (QED) is 0.738. The number of amides is 1. The third-order valence-electron chi connectivity index (χ3n) is 3.26. The fourth-order valence-corrected chi connectivity index (χ4v) is 2.43. The molecular formula is C15H11ClN4O. The molecule has 3 rings (SSSR count). The molecule has 1 aromatic carbocycles. The molecule has 1 amide bonds. The number of carbonyl (C=O) groups excluding carboxylic acids is 1. The predicted molar refractivity (Wildman–Crippen MR) is 81.0 cm³/mol. The summed E-state index contributed by atoms with van der Waals surface area (Å²) in [4.78, 5) is 23.7. The maximum Gasteiger partial charge on any atom is 0.267 e. The van der Waals surface area contributed by atoms with Gasteiger partial charge in [0.2, 0.25) is 5.28 Å². The molecule has 6 heteroatoms. The Labute approximate surface area is 125 Å². The van der Waals surface area contributed by atoms with Crippen LogP contribution in [0, 0.1) is 6.92 Å². The van der Waals surface area contributed by atoms with Crippen molar-refractivity contribution in [3.8, 4) is 11.1 Å². The molecule has 0 radical (unpaired) electrons. The van der Waals surface area contributed by atoms with Crippen molar-refractivity contribution in [1.82, 2.24) is 15.0 Å². The maximum atomic E-state index is 11.5. The Hall–Kier alpha value is -2.53. The summed E-state index contributed by atoms with van der Waals surface area (Å²) in [5, 5.41) is 1.81. The van der Waals surface area contributed by atoms with Crippen LogP contribution in [0.3, 0.4) is 0 Å². The summed E-state index contributed by atoms with van der Waals surface area (Å²) in [6, 6.07) is 7.54. The molecule has 5 nitrogen and oxygen atoms in total. The van der Waals surface area contributed by atoms with Crippen molar-refractivity contribution >= 4 is 28.3 Å². The molecule has 104 valence electrons. The second kappa shape index (κ2) is 5.10. The second-order valence-electron chi connectivity index (χ2n) is 4.60. The Balaban J connectivity index is 2.25. The van der Waals surface area contributed by atoms with Crippen LogP contribution in [-0.4, -0.2) is 20.9 Å². The van der Waals surface area contributed by atoms with Gasteiger partial charge in [0.25, 0.3) is 5.91 Å². The van der Waals surface area contributed by atoms with Gasteiger partial charge >= 0.3 is 0 Å². The molecule has 0 saturated carbocycles. The minimum Gasteiger partial charge on any atom is -0.364 e. The zero-order valence-corrected chi connectivity index (χ0v) is 11.9. The van der Waals surface area contributed by atoms with Crippen molar-refractivity contribution < 1.29 is 4.79 Å². The zero-order chi connectivity index (χ0) is 15.0. The highest BCUT2D eigenvalue weighted by molar-refractivity contribution is 6.28. The van der Waals surface area contributed by atoms with Crippen LogP contribution in [-0.2, 0) is 0 Å². The average molecular weight is 299 g/mol. The number of benzene rings is 1. The fourth-order valence-electron chi connectivity index (χ4n) is 2.25. The number of nitrogens with two attached hydrogens (primary N) is 1. The first-order chi connectivity index (χ1) is 10.1. The number of primary amides is 1. The van der Waals surface area contributed by atoms with Gasteiger partial charge in [-0.1, -0.05) is 12.1 Å². The third-order valence-corrected chi connectivity index (χ3v) is 3.44. The van der Waals surface area contributed by atoms with Gasteiger partial charge < -0.3 is 5.73 Å². The Morgan fingerprint density at radius 3 is 2.76 bits per heavy atom. The fraction of sp³-hybridized carbons (Fsp3) is 0.0667. The van der Waals surface area contributed by atoms with E-state index in [1.54, 1.807) is 12.4 Å². The SMILES string of the molecule is Cc1nc(Cl)ncc1-c1ccc2ccnc(C(N)=O)c2c1. The molecule has 0 aliphatic heterocycles. The van der Waals surface area contributed by atoms with E-state index in [4.69, 9.17) is 17.3 Å². The number of rotatable bonds is 2. The van der Waals surface area contributed by atoms with Crippen LogP contribution in [0.15, 0.2) is 36.7 Å². The van der Waals surface area contributed by atoms with Gasteiger partial charge in [0.1, 0.15) is 5.69 Å². The first-order valence-corrected chi connectivity index (χ1v) is 6.62. The van der Waals surface area contributed by atoms with Crippen LogP contribution in [0.4, 0.5) is 0 Å². The van der Waals surface area contributed by atoms with Crippen molar-refractivity contribution in [1.29, 1.82) is 0 Å². The van der Waals surface area contributed by atoms with Crippen molar-refractivity contribution in [2.45, 2.75) is 6.92 Å². The largest absolute Gasteiger partial charge is 0.364 e. The van der Waals surface area contributed by atoms with Gasteiger partial charge in [-0.05, 0) is 41.6 Å². The van der Waals surface area contributed by atoms with Crippen molar-refractivity contribution in [3.63, 3.8) is 0 Å². The number of carbonyl (C=O) groups is 1. The van der Waals surface area contributed by atoms with E-state index in [2.05, 4.69) is 15.0 Å². The lowest BCUT2D eigenvalue weighted by molar-refractivity contribution is 0.0997. The van der Waals surface area contributed by atoms with Gasteiger partial charge in [0.05, 0.1) is 5.69 Å². The number of fused-ring (bicyclic) bond motifs is 1. The van der Waals surface area contributed by atoms with E-state index < -0.39 is 5.91 Å². The smallest absolute Gasteiger partial charge is 0.267 e. The molecule has 0 saturated heterocycles. The molecule has 2 N–H and O–H groups in total. The van der Waals surface area contributed by atoms with Crippen LogP contribution in [0.2, 0.25) is 5.28 Å². The van der Waals surface area contributed by atoms with E-state index in [0.717, 1.165) is 22.2 Å². The molecule has 0 bridgehead atoms. The third kappa shape index (κ3) is 2.43. The van der Waals surface area contributed by atoms with Gasteiger partial charge in [0, 0.05) is 23.3 Å². The van der Waals surface area contributed by atoms with E-state index in [1.165, 1.54) is 0 Å². The Morgan fingerprint density at radius 1 is 1.24 bits per heavy atom. The Morgan fingerprint density at radius 2 is 2.05 bits per heavy atom. The standard InChI is InChI=1S/C15H11ClN4O/c1-8-12(7-19-15(16)20-8)10-3-2-9-4-5-18-13(14(17)21)11(9)6-10/h2-7H,1H3,(H2,17,21). The van der Waals surface area contributed by atoms with Crippen molar-refractivity contribution in [2.24, 2.45) is 5.73 Å². The monoisotopic (exact) mass is 298 g/mol. The number of pyridine rings is 1. The molecule has 21 heavy (non-hydrogen) atoms. The molecule has 0 unspecified atom stereocenters. The molecule has 0 aliphatic carbocycles. The summed E-state index contributed by atoms with van der Waals surface area (Å²) < 4.78 is 0. The minimum atomic E-state index is -0.554. The van der Waals surface area contributed by atoms with E-state index in [9.17, 15) is 4.79 Å². The number of hydrogen-bond donors (Lipinski definition) is 1. The highest BCUT2D eigenvalue weighted by Gasteiger charge is 2.11. The molecule has 0 atom stereocenters. The molecule has 2 aromatic heterocycles. The first-order valence-electron chi connectivity index (χ1n) is 6.24. The Kier molecular flexibility index (Phi) is 3.27. The lowest BCUT2D eigenvalue weighted by Gasteiger charge is -2.08. The molecule has 0 spiro atoms. The lowest BCUT2D eigenvalue weighted by Crippen LogP contribution is -2.13. The maximum absolute atomic E-state index is 11.5. The number of aromatic nitrogens is 3. The predicted octanol–water partition coefficient (Wildman–Crippen LogP) is 2.75. The molecular weight excluding hydrogens is 288 g/mol. The first kappa shape index (κ1) is 13.5. The van der Waals surface area contributed by atoms with Crippen LogP contribution >= 0.6 is 11.6 Å². The average Bonchev–Trinajstić information content (AvgIpc) is 2.46. The van der Waals surface area contributed by atoms with Gasteiger partial charge in [-0.15, -0.1) is 0 Å². The molecule has 3 aromatic rings. The van der Waals surface area contributed by atoms with Gasteiger partial charge in [-0.25, -0.2) is 9.97 Å². The number of hydrogen-bond acceptors (Lipinski definition) is 4. The van der Waals surface area contributed by atoms with Crippen molar-refractivity contribution in [3.05, 3.63) is 53.3 Å². The zero-order valence-electron chi connectivity index (χ0n) is 11.2. The van der Waals surface area contributed by atoms with Crippen LogP contribution in [0.1, 0.15) is 16.2 Å². The summed E-state index contributed by atoms with van der Waals surface area (Å²) >= 11 is 5.77. The van der Waals surface area contributed by atoms with Crippen LogP contribution < -0.4 is 5.73 Å². The lowest BCUT2D eigenvalue weighted by atomic mass is 10.0. The topological polar surface area (TPSA) is 81.8 Å². The van der Waals surface area contributed by atoms with Crippen LogP contribution in [0.25, 0.3) is 21.9 Å². The van der Waals surface area contributed by atoms with Crippen LogP contribution in [0.5, 0.6) is 0 Å². The summed E-state index contributed by atoms with van der Waals surface area (Å²) in [6.07, 6.45) is 3.23. The molecule has 2 heterocycles. The van der Waals surface area contributed by atoms with Gasteiger partial charge in [-0.3, -0.25) is 9.78 Å². The number of nitrogens with zero attached hydrogens (tertiary/aromatic N) is 3. The highest BCUT2D eigenvalue weighted by Crippen LogP contribution is 2.27. The summed E-state index contributed by atoms with van der Waals surface area (Å²) in [6.45, 7) is 1.85. The Bertz CT molecular complexity index is 863. The summed E-state index contributed by atoms with van der Waals surface area (Å²) in [7, 11) is 0. The minimum absolute atomic E-state index is 0.205. The van der Waals surface area contributed by atoms with Gasteiger partial charge in [-0.2, -0.15) is 0 Å². The normalized spacial score (nSPS) is 10.8. The highest BCUT2D eigenvalue weighted by atomic mass is 35.5. The molecule has 0 aliphatic rings. The van der Waals surface area contributed by atoms with Crippen molar-refractivity contribution in [2.75, 3.05) is 0 Å².